The SMILES string of the molecule is Cc1cnc2ccc3[nH]c(C)nc3c2c1. The van der Waals surface area contributed by atoms with E-state index in [9.17, 15) is 0 Å². The summed E-state index contributed by atoms with van der Waals surface area (Å²) in [5.41, 5.74) is 4.25. The fraction of sp³-hybridized carbons (Fsp3) is 0.167. The van der Waals surface area contributed by atoms with Gasteiger partial charge >= 0.3 is 0 Å². The first kappa shape index (κ1) is 8.41. The molecule has 15 heavy (non-hydrogen) atoms. The zero-order chi connectivity index (χ0) is 10.4. The molecule has 1 N–H and O–H groups in total. The number of nitrogens with one attached hydrogen (secondary N) is 1. The molecule has 3 heteroatoms. The van der Waals surface area contributed by atoms with Gasteiger partial charge in [-0.15, -0.1) is 0 Å². The molecular formula is C12H11N3. The zero-order valence-electron chi connectivity index (χ0n) is 8.70. The van der Waals surface area contributed by atoms with Gasteiger partial charge in [-0.2, -0.15) is 0 Å². The van der Waals surface area contributed by atoms with Crippen LogP contribution in [0.1, 0.15) is 11.4 Å². The highest BCUT2D eigenvalue weighted by atomic mass is 14.9. The molecule has 0 spiro atoms. The van der Waals surface area contributed by atoms with E-state index in [1.54, 1.807) is 0 Å². The maximum Gasteiger partial charge on any atom is 0.104 e. The molecule has 0 aliphatic heterocycles. The third kappa shape index (κ3) is 1.20. The number of pyridine rings is 1. The average Bonchev–Trinajstić information content (AvgIpc) is 2.58. The summed E-state index contributed by atoms with van der Waals surface area (Å²) in [4.78, 5) is 12.1. The Bertz CT molecular complexity index is 652. The Labute approximate surface area is 87.2 Å². The van der Waals surface area contributed by atoms with Crippen molar-refractivity contribution in [1.82, 2.24) is 15.0 Å². The first-order chi connectivity index (χ1) is 7.24. The number of nitrogens with zero attached hydrogens (tertiary/aromatic N) is 2. The summed E-state index contributed by atoms with van der Waals surface area (Å²) in [5.74, 6) is 0.944. The molecule has 0 bridgehead atoms. The molecule has 0 unspecified atom stereocenters. The standard InChI is InChI=1S/C12H11N3/c1-7-5-9-10(13-6-7)3-4-11-12(9)15-8(2)14-11/h3-6H,1-2H3,(H,14,15). The fourth-order valence-corrected chi connectivity index (χ4v) is 1.90. The van der Waals surface area contributed by atoms with Gasteiger partial charge in [0.1, 0.15) is 5.82 Å². The van der Waals surface area contributed by atoms with E-state index in [0.717, 1.165) is 33.3 Å². The highest BCUT2D eigenvalue weighted by Gasteiger charge is 2.05. The molecule has 0 saturated heterocycles. The molecule has 0 aliphatic carbocycles. The highest BCUT2D eigenvalue weighted by Crippen LogP contribution is 2.22. The molecule has 74 valence electrons. The quantitative estimate of drug-likeness (QED) is 0.602. The number of aromatic nitrogens is 3. The first-order valence-electron chi connectivity index (χ1n) is 4.96. The summed E-state index contributed by atoms with van der Waals surface area (Å²) in [6.07, 6.45) is 1.88. The summed E-state index contributed by atoms with van der Waals surface area (Å²) < 4.78 is 0. The lowest BCUT2D eigenvalue weighted by atomic mass is 10.1. The molecule has 2 heterocycles. The fourth-order valence-electron chi connectivity index (χ4n) is 1.90. The van der Waals surface area contributed by atoms with Crippen molar-refractivity contribution in [1.29, 1.82) is 0 Å². The van der Waals surface area contributed by atoms with Gasteiger partial charge in [0.2, 0.25) is 0 Å². The van der Waals surface area contributed by atoms with Crippen LogP contribution in [0.2, 0.25) is 0 Å². The normalized spacial score (nSPS) is 11.3. The molecule has 0 radical (unpaired) electrons. The Morgan fingerprint density at radius 2 is 2.07 bits per heavy atom. The molecule has 3 nitrogen and oxygen atoms in total. The second kappa shape index (κ2) is 2.79. The smallest absolute Gasteiger partial charge is 0.104 e. The van der Waals surface area contributed by atoms with Crippen molar-refractivity contribution in [3.05, 3.63) is 35.8 Å². The van der Waals surface area contributed by atoms with E-state index >= 15 is 0 Å². The number of H-pyrrole nitrogens is 1. The van der Waals surface area contributed by atoms with Gasteiger partial charge in [0.15, 0.2) is 0 Å². The van der Waals surface area contributed by atoms with Gasteiger partial charge in [0, 0.05) is 11.6 Å². The van der Waals surface area contributed by atoms with Gasteiger partial charge in [0.05, 0.1) is 16.6 Å². The Balaban J connectivity index is 2.56. The lowest BCUT2D eigenvalue weighted by Crippen LogP contribution is -1.82. The summed E-state index contributed by atoms with van der Waals surface area (Å²) in [6, 6.07) is 6.18. The molecular weight excluding hydrogens is 186 g/mol. The van der Waals surface area contributed by atoms with Crippen LogP contribution < -0.4 is 0 Å². The van der Waals surface area contributed by atoms with E-state index in [0.29, 0.717) is 0 Å². The van der Waals surface area contributed by atoms with Crippen molar-refractivity contribution in [3.8, 4) is 0 Å². The minimum Gasteiger partial charge on any atom is -0.342 e. The maximum atomic E-state index is 4.49. The van der Waals surface area contributed by atoms with Crippen LogP contribution in [0.25, 0.3) is 21.9 Å². The third-order valence-corrected chi connectivity index (χ3v) is 2.57. The highest BCUT2D eigenvalue weighted by molar-refractivity contribution is 6.02. The van der Waals surface area contributed by atoms with Crippen molar-refractivity contribution in [2.45, 2.75) is 13.8 Å². The largest absolute Gasteiger partial charge is 0.342 e. The summed E-state index contributed by atoms with van der Waals surface area (Å²) in [7, 11) is 0. The molecule has 0 saturated carbocycles. The number of fused-ring (bicyclic) bond motifs is 3. The van der Waals surface area contributed by atoms with Crippen molar-refractivity contribution in [3.63, 3.8) is 0 Å². The van der Waals surface area contributed by atoms with E-state index in [-0.39, 0.29) is 0 Å². The van der Waals surface area contributed by atoms with Gasteiger partial charge in [-0.05, 0) is 37.6 Å². The maximum absolute atomic E-state index is 4.49. The number of rotatable bonds is 0. The Morgan fingerprint density at radius 3 is 2.93 bits per heavy atom. The molecule has 3 aromatic rings. The van der Waals surface area contributed by atoms with Crippen LogP contribution in [-0.2, 0) is 0 Å². The number of hydrogen-bond donors (Lipinski definition) is 1. The van der Waals surface area contributed by atoms with Crippen molar-refractivity contribution < 1.29 is 0 Å². The summed E-state index contributed by atoms with van der Waals surface area (Å²) in [6.45, 7) is 4.01. The summed E-state index contributed by atoms with van der Waals surface area (Å²) >= 11 is 0. The monoisotopic (exact) mass is 197 g/mol. The lowest BCUT2D eigenvalue weighted by Gasteiger charge is -1.98. The van der Waals surface area contributed by atoms with Crippen LogP contribution in [0.3, 0.4) is 0 Å². The second-order valence-corrected chi connectivity index (χ2v) is 3.86. The van der Waals surface area contributed by atoms with Crippen LogP contribution in [0.5, 0.6) is 0 Å². The van der Waals surface area contributed by atoms with Crippen molar-refractivity contribution in [2.24, 2.45) is 0 Å². The van der Waals surface area contributed by atoms with Crippen LogP contribution in [0, 0.1) is 13.8 Å². The van der Waals surface area contributed by atoms with Crippen LogP contribution >= 0.6 is 0 Å². The number of aromatic amines is 1. The third-order valence-electron chi connectivity index (χ3n) is 2.57. The average molecular weight is 197 g/mol. The molecule has 1 aromatic carbocycles. The van der Waals surface area contributed by atoms with E-state index < -0.39 is 0 Å². The second-order valence-electron chi connectivity index (χ2n) is 3.86. The molecule has 0 amide bonds. The minimum absolute atomic E-state index is 0.944. The number of benzene rings is 1. The van der Waals surface area contributed by atoms with E-state index in [1.807, 2.05) is 32.2 Å². The van der Waals surface area contributed by atoms with Gasteiger partial charge in [0.25, 0.3) is 0 Å². The van der Waals surface area contributed by atoms with E-state index in [4.69, 9.17) is 0 Å². The van der Waals surface area contributed by atoms with E-state index in [1.165, 1.54) is 0 Å². The van der Waals surface area contributed by atoms with Gasteiger partial charge in [-0.3, -0.25) is 4.98 Å². The van der Waals surface area contributed by atoms with Crippen LogP contribution in [0.4, 0.5) is 0 Å². The van der Waals surface area contributed by atoms with E-state index in [2.05, 4.69) is 21.0 Å². The molecule has 0 aliphatic rings. The first-order valence-corrected chi connectivity index (χ1v) is 4.96. The Hall–Kier alpha value is -1.90. The van der Waals surface area contributed by atoms with Gasteiger partial charge in [-0.1, -0.05) is 0 Å². The predicted octanol–water partition coefficient (Wildman–Crippen LogP) is 2.73. The van der Waals surface area contributed by atoms with Crippen LogP contribution in [0.15, 0.2) is 24.4 Å². The lowest BCUT2D eigenvalue weighted by molar-refractivity contribution is 1.17. The Kier molecular flexibility index (Phi) is 1.57. The minimum atomic E-state index is 0.944. The number of aryl methyl sites for hydroxylation is 2. The topological polar surface area (TPSA) is 41.6 Å². The number of imidazole rings is 1. The zero-order valence-corrected chi connectivity index (χ0v) is 8.70. The van der Waals surface area contributed by atoms with Crippen LogP contribution in [-0.4, -0.2) is 15.0 Å². The molecule has 2 aromatic heterocycles. The molecule has 0 fully saturated rings. The van der Waals surface area contributed by atoms with Gasteiger partial charge < -0.3 is 4.98 Å². The number of hydrogen-bond acceptors (Lipinski definition) is 2. The molecule has 0 atom stereocenters. The summed E-state index contributed by atoms with van der Waals surface area (Å²) in [5, 5.41) is 1.12. The van der Waals surface area contributed by atoms with Gasteiger partial charge in [-0.25, -0.2) is 4.98 Å². The van der Waals surface area contributed by atoms with Crippen molar-refractivity contribution >= 4 is 21.9 Å². The predicted molar refractivity (Wildman–Crippen MR) is 60.9 cm³/mol. The Morgan fingerprint density at radius 1 is 1.20 bits per heavy atom. The molecule has 3 rings (SSSR count). The van der Waals surface area contributed by atoms with Crippen molar-refractivity contribution in [2.75, 3.05) is 0 Å².